The van der Waals surface area contributed by atoms with Crippen LogP contribution in [0.3, 0.4) is 0 Å². The highest BCUT2D eigenvalue weighted by atomic mass is 127. The number of halogens is 1. The predicted octanol–water partition coefficient (Wildman–Crippen LogP) is 1.17. The Bertz CT molecular complexity index is 763. The maximum atomic E-state index is 12.1. The maximum Gasteiger partial charge on any atom is 0.295 e. The number of aromatic amines is 1. The largest absolute Gasteiger partial charge is 0.295 e. The number of hydrogen-bond acceptors (Lipinski definition) is 4. The lowest BCUT2D eigenvalue weighted by atomic mass is 10.2. The molecule has 0 atom stereocenters. The van der Waals surface area contributed by atoms with Crippen molar-refractivity contribution in [2.45, 2.75) is 6.54 Å². The SMILES string of the molecule is O=c1c2[nH]ncc2nnn1Cc1cccc(I)c1. The Labute approximate surface area is 115 Å². The van der Waals surface area contributed by atoms with Gasteiger partial charge in [-0.2, -0.15) is 5.10 Å². The molecule has 0 bridgehead atoms. The van der Waals surface area contributed by atoms with Crippen molar-refractivity contribution in [1.82, 2.24) is 25.2 Å². The van der Waals surface area contributed by atoms with E-state index in [-0.39, 0.29) is 5.56 Å². The Hall–Kier alpha value is -1.77. The van der Waals surface area contributed by atoms with Crippen LogP contribution in [0.15, 0.2) is 35.3 Å². The molecule has 3 rings (SSSR count). The molecule has 0 unspecified atom stereocenters. The van der Waals surface area contributed by atoms with Crippen molar-refractivity contribution in [3.05, 3.63) is 49.9 Å². The first-order chi connectivity index (χ1) is 8.74. The second-order valence-corrected chi connectivity index (χ2v) is 5.06. The van der Waals surface area contributed by atoms with E-state index < -0.39 is 0 Å². The fraction of sp³-hybridized carbons (Fsp3) is 0.0909. The number of aromatic nitrogens is 5. The number of hydrogen-bond donors (Lipinski definition) is 1. The van der Waals surface area contributed by atoms with E-state index in [9.17, 15) is 4.79 Å². The monoisotopic (exact) mass is 353 g/mol. The minimum absolute atomic E-state index is 0.212. The molecule has 0 saturated heterocycles. The zero-order valence-electron chi connectivity index (χ0n) is 9.17. The smallest absolute Gasteiger partial charge is 0.271 e. The average molecular weight is 353 g/mol. The molecule has 0 saturated carbocycles. The lowest BCUT2D eigenvalue weighted by Crippen LogP contribution is -2.24. The molecule has 1 aromatic carbocycles. The van der Waals surface area contributed by atoms with Crippen molar-refractivity contribution < 1.29 is 0 Å². The fourth-order valence-electron chi connectivity index (χ4n) is 1.70. The van der Waals surface area contributed by atoms with Crippen molar-refractivity contribution >= 4 is 33.6 Å². The average Bonchev–Trinajstić information content (AvgIpc) is 2.82. The predicted molar refractivity (Wildman–Crippen MR) is 74.2 cm³/mol. The molecule has 6 nitrogen and oxygen atoms in total. The van der Waals surface area contributed by atoms with Gasteiger partial charge >= 0.3 is 0 Å². The Morgan fingerprint density at radius 3 is 3.11 bits per heavy atom. The van der Waals surface area contributed by atoms with Gasteiger partial charge in [-0.1, -0.05) is 17.3 Å². The van der Waals surface area contributed by atoms with Crippen LogP contribution in [0.5, 0.6) is 0 Å². The molecule has 0 aliphatic rings. The third-order valence-electron chi connectivity index (χ3n) is 2.55. The summed E-state index contributed by atoms with van der Waals surface area (Å²) in [6.07, 6.45) is 1.49. The zero-order chi connectivity index (χ0) is 12.5. The number of fused-ring (bicyclic) bond motifs is 1. The van der Waals surface area contributed by atoms with Crippen LogP contribution >= 0.6 is 22.6 Å². The number of benzene rings is 1. The molecule has 0 radical (unpaired) electrons. The van der Waals surface area contributed by atoms with Crippen LogP contribution in [-0.4, -0.2) is 25.2 Å². The van der Waals surface area contributed by atoms with E-state index >= 15 is 0 Å². The second-order valence-electron chi connectivity index (χ2n) is 3.81. The Kier molecular flexibility index (Phi) is 2.82. The molecular formula is C11H8IN5O. The van der Waals surface area contributed by atoms with Gasteiger partial charge in [0.05, 0.1) is 12.7 Å². The van der Waals surface area contributed by atoms with E-state index in [0.717, 1.165) is 9.13 Å². The van der Waals surface area contributed by atoms with Crippen LogP contribution in [0, 0.1) is 3.57 Å². The molecule has 2 heterocycles. The van der Waals surface area contributed by atoms with Gasteiger partial charge in [0.15, 0.2) is 5.52 Å². The van der Waals surface area contributed by atoms with Gasteiger partial charge in [0.25, 0.3) is 5.56 Å². The number of nitrogens with one attached hydrogen (secondary N) is 1. The summed E-state index contributed by atoms with van der Waals surface area (Å²) < 4.78 is 2.44. The van der Waals surface area contributed by atoms with E-state index in [2.05, 4.69) is 43.1 Å². The first-order valence-electron chi connectivity index (χ1n) is 5.25. The van der Waals surface area contributed by atoms with Crippen LogP contribution in [0.4, 0.5) is 0 Å². The van der Waals surface area contributed by atoms with Crippen molar-refractivity contribution in [1.29, 1.82) is 0 Å². The second kappa shape index (κ2) is 4.48. The third kappa shape index (κ3) is 2.01. The van der Waals surface area contributed by atoms with Crippen LogP contribution in [0.2, 0.25) is 0 Å². The molecule has 0 spiro atoms. The van der Waals surface area contributed by atoms with Gasteiger partial charge in [-0.25, -0.2) is 4.68 Å². The molecule has 1 N–H and O–H groups in total. The van der Waals surface area contributed by atoms with Gasteiger partial charge in [0.2, 0.25) is 0 Å². The maximum absolute atomic E-state index is 12.1. The molecule has 0 fully saturated rings. The summed E-state index contributed by atoms with van der Waals surface area (Å²) in [5.74, 6) is 0. The summed E-state index contributed by atoms with van der Waals surface area (Å²) in [7, 11) is 0. The van der Waals surface area contributed by atoms with Crippen molar-refractivity contribution in [2.24, 2.45) is 0 Å². The summed E-state index contributed by atoms with van der Waals surface area (Å²) in [4.78, 5) is 12.1. The molecular weight excluding hydrogens is 345 g/mol. The Balaban J connectivity index is 2.05. The molecule has 0 amide bonds. The summed E-state index contributed by atoms with van der Waals surface area (Å²) in [6.45, 7) is 0.400. The number of rotatable bonds is 2. The normalized spacial score (nSPS) is 10.9. The van der Waals surface area contributed by atoms with Gasteiger partial charge in [-0.3, -0.25) is 9.89 Å². The highest BCUT2D eigenvalue weighted by molar-refractivity contribution is 14.1. The Morgan fingerprint density at radius 2 is 2.28 bits per heavy atom. The van der Waals surface area contributed by atoms with Gasteiger partial charge in [0, 0.05) is 3.57 Å². The van der Waals surface area contributed by atoms with Crippen molar-refractivity contribution in [2.75, 3.05) is 0 Å². The highest BCUT2D eigenvalue weighted by Crippen LogP contribution is 2.08. The number of H-pyrrole nitrogens is 1. The summed E-state index contributed by atoms with van der Waals surface area (Å²) in [5, 5.41) is 14.3. The molecule has 90 valence electrons. The van der Waals surface area contributed by atoms with Gasteiger partial charge in [-0.05, 0) is 40.3 Å². The first kappa shape index (κ1) is 11.3. The van der Waals surface area contributed by atoms with E-state index in [1.165, 1.54) is 10.9 Å². The van der Waals surface area contributed by atoms with Crippen molar-refractivity contribution in [3.8, 4) is 0 Å². The molecule has 3 aromatic rings. The van der Waals surface area contributed by atoms with E-state index in [1.54, 1.807) is 0 Å². The van der Waals surface area contributed by atoms with Crippen LogP contribution in [0.25, 0.3) is 11.0 Å². The van der Waals surface area contributed by atoms with Crippen molar-refractivity contribution in [3.63, 3.8) is 0 Å². The van der Waals surface area contributed by atoms with Crippen LogP contribution in [0.1, 0.15) is 5.56 Å². The van der Waals surface area contributed by atoms with Gasteiger partial charge in [-0.15, -0.1) is 5.10 Å². The fourth-order valence-corrected chi connectivity index (χ4v) is 2.30. The van der Waals surface area contributed by atoms with E-state index in [0.29, 0.717) is 17.6 Å². The van der Waals surface area contributed by atoms with E-state index in [1.807, 2.05) is 24.3 Å². The molecule has 0 aliphatic carbocycles. The molecule has 2 aromatic heterocycles. The standard InChI is InChI=1S/C11H8IN5O/c12-8-3-1-2-7(4-8)6-17-11(18)10-9(14-16-17)5-13-15-10/h1-5H,6H2,(H,13,15). The minimum Gasteiger partial charge on any atom is -0.271 e. The highest BCUT2D eigenvalue weighted by Gasteiger charge is 2.07. The van der Waals surface area contributed by atoms with E-state index in [4.69, 9.17) is 0 Å². The Morgan fingerprint density at radius 1 is 1.39 bits per heavy atom. The van der Waals surface area contributed by atoms with Crippen LogP contribution in [-0.2, 0) is 6.54 Å². The lowest BCUT2D eigenvalue weighted by molar-refractivity contribution is 0.600. The summed E-state index contributed by atoms with van der Waals surface area (Å²) in [5.41, 5.74) is 1.67. The zero-order valence-corrected chi connectivity index (χ0v) is 11.3. The molecule has 0 aliphatic heterocycles. The lowest BCUT2D eigenvalue weighted by Gasteiger charge is -2.03. The topological polar surface area (TPSA) is 76.5 Å². The summed E-state index contributed by atoms with van der Waals surface area (Å²) in [6, 6.07) is 7.90. The third-order valence-corrected chi connectivity index (χ3v) is 3.22. The first-order valence-corrected chi connectivity index (χ1v) is 6.33. The van der Waals surface area contributed by atoms with Gasteiger partial charge in [0.1, 0.15) is 5.52 Å². The minimum atomic E-state index is -0.212. The van der Waals surface area contributed by atoms with Crippen LogP contribution < -0.4 is 5.56 Å². The van der Waals surface area contributed by atoms with Gasteiger partial charge < -0.3 is 0 Å². The quantitative estimate of drug-likeness (QED) is 0.702. The summed E-state index contributed by atoms with van der Waals surface area (Å²) >= 11 is 2.23. The number of nitrogens with zero attached hydrogens (tertiary/aromatic N) is 4. The molecule has 7 heteroatoms. The molecule has 18 heavy (non-hydrogen) atoms.